The molecule has 0 aliphatic carbocycles. The van der Waals surface area contributed by atoms with Crippen molar-refractivity contribution in [1.29, 1.82) is 5.26 Å². The van der Waals surface area contributed by atoms with Gasteiger partial charge in [0.05, 0.1) is 54.9 Å². The Balaban J connectivity index is 1.72. The van der Waals surface area contributed by atoms with Crippen LogP contribution in [-0.4, -0.2) is 36.1 Å². The van der Waals surface area contributed by atoms with E-state index in [1.54, 1.807) is 12.1 Å². The molecule has 4 rings (SSSR count). The summed E-state index contributed by atoms with van der Waals surface area (Å²) in [4.78, 5) is 11.9. The third kappa shape index (κ3) is 5.25. The summed E-state index contributed by atoms with van der Waals surface area (Å²) in [5, 5.41) is 13.7. The number of anilines is 2. The lowest BCUT2D eigenvalue weighted by atomic mass is 10.2. The normalized spacial score (nSPS) is 10.6. The molecule has 0 saturated carbocycles. The van der Waals surface area contributed by atoms with E-state index in [2.05, 4.69) is 38.1 Å². The molecule has 0 atom stereocenters. The molecule has 0 unspecified atom stereocenters. The Bertz CT molecular complexity index is 1480. The number of fused-ring (bicyclic) bond motifs is 1. The van der Waals surface area contributed by atoms with Crippen LogP contribution in [0.5, 0.6) is 5.75 Å². The molecule has 1 N–H and O–H groups in total. The van der Waals surface area contributed by atoms with Crippen molar-refractivity contribution >= 4 is 56.1 Å². The van der Waals surface area contributed by atoms with Crippen LogP contribution in [0.25, 0.3) is 10.2 Å². The number of nitrogens with zero attached hydrogens (tertiary/aromatic N) is 4. The summed E-state index contributed by atoms with van der Waals surface area (Å²) >= 11 is 14.0. The molecule has 170 valence electrons. The molecule has 1 aromatic carbocycles. The molecule has 0 bridgehead atoms. The Morgan fingerprint density at radius 2 is 1.97 bits per heavy atom. The first kappa shape index (κ1) is 23.8. The molecule has 0 fully saturated rings. The van der Waals surface area contributed by atoms with Gasteiger partial charge in [0.25, 0.3) is 0 Å². The predicted molar refractivity (Wildman–Crippen MR) is 138 cm³/mol. The minimum absolute atomic E-state index is 0.386. The van der Waals surface area contributed by atoms with Gasteiger partial charge < -0.3 is 15.0 Å². The van der Waals surface area contributed by atoms with Crippen LogP contribution in [0, 0.1) is 23.2 Å². The van der Waals surface area contributed by atoms with E-state index < -0.39 is 0 Å². The highest BCUT2D eigenvalue weighted by Crippen LogP contribution is 2.39. The van der Waals surface area contributed by atoms with Crippen LogP contribution in [-0.2, 0) is 6.54 Å². The van der Waals surface area contributed by atoms with Crippen molar-refractivity contribution in [1.82, 2.24) is 14.9 Å². The van der Waals surface area contributed by atoms with Gasteiger partial charge in [-0.3, -0.25) is 4.98 Å². The highest BCUT2D eigenvalue weighted by atomic mass is 35.5. The molecule has 3 aromatic heterocycles. The van der Waals surface area contributed by atoms with Crippen LogP contribution < -0.4 is 10.1 Å². The van der Waals surface area contributed by atoms with Gasteiger partial charge in [-0.25, -0.2) is 4.98 Å². The maximum atomic E-state index is 9.67. The van der Waals surface area contributed by atoms with E-state index in [1.165, 1.54) is 24.6 Å². The van der Waals surface area contributed by atoms with Crippen molar-refractivity contribution in [2.75, 3.05) is 26.5 Å². The van der Waals surface area contributed by atoms with Crippen LogP contribution in [0.1, 0.15) is 21.8 Å². The molecule has 3 heterocycles. The summed E-state index contributed by atoms with van der Waals surface area (Å²) < 4.78 is 6.09. The van der Waals surface area contributed by atoms with E-state index in [0.717, 1.165) is 27.3 Å². The summed E-state index contributed by atoms with van der Waals surface area (Å²) in [6.45, 7) is 0.742. The highest BCUT2D eigenvalue weighted by Gasteiger charge is 2.15. The summed E-state index contributed by atoms with van der Waals surface area (Å²) in [7, 11) is 5.52. The second-order valence-electron chi connectivity index (χ2n) is 7.58. The Kier molecular flexibility index (Phi) is 7.21. The van der Waals surface area contributed by atoms with Crippen molar-refractivity contribution in [3.8, 4) is 23.7 Å². The molecule has 0 spiro atoms. The lowest BCUT2D eigenvalue weighted by Crippen LogP contribution is -2.12. The minimum Gasteiger partial charge on any atom is -0.495 e. The van der Waals surface area contributed by atoms with Gasteiger partial charge in [-0.1, -0.05) is 29.3 Å². The average molecular weight is 508 g/mol. The molecule has 0 saturated heterocycles. The van der Waals surface area contributed by atoms with Crippen molar-refractivity contribution < 1.29 is 4.74 Å². The van der Waals surface area contributed by atoms with E-state index in [9.17, 15) is 5.26 Å². The number of halogens is 2. The monoisotopic (exact) mass is 507 g/mol. The number of hydrogen-bond donors (Lipinski definition) is 1. The minimum atomic E-state index is 0.386. The van der Waals surface area contributed by atoms with Crippen molar-refractivity contribution in [2.45, 2.75) is 6.54 Å². The number of nitriles is 1. The number of aromatic nitrogens is 2. The summed E-state index contributed by atoms with van der Waals surface area (Å²) in [6, 6.07) is 13.2. The quantitative estimate of drug-likeness (QED) is 0.329. The zero-order chi connectivity index (χ0) is 24.2. The number of benzene rings is 1. The first-order chi connectivity index (χ1) is 16.4. The largest absolute Gasteiger partial charge is 0.495 e. The highest BCUT2D eigenvalue weighted by molar-refractivity contribution is 7.20. The predicted octanol–water partition coefficient (Wildman–Crippen LogP) is 6.08. The Labute approximate surface area is 211 Å². The van der Waals surface area contributed by atoms with Gasteiger partial charge in [0.1, 0.15) is 17.5 Å². The van der Waals surface area contributed by atoms with Gasteiger partial charge in [0.15, 0.2) is 0 Å². The summed E-state index contributed by atoms with van der Waals surface area (Å²) in [5.41, 5.74) is 3.92. The summed E-state index contributed by atoms with van der Waals surface area (Å²) in [5.74, 6) is 6.78. The van der Waals surface area contributed by atoms with Crippen LogP contribution in [0.4, 0.5) is 11.4 Å². The topological polar surface area (TPSA) is 74.1 Å². The van der Waals surface area contributed by atoms with E-state index in [4.69, 9.17) is 27.9 Å². The molecule has 4 aromatic rings. The van der Waals surface area contributed by atoms with Crippen LogP contribution in [0.2, 0.25) is 10.0 Å². The van der Waals surface area contributed by atoms with Crippen LogP contribution in [0.3, 0.4) is 0 Å². The lowest BCUT2D eigenvalue weighted by molar-refractivity contribution is 0.397. The number of ether oxygens (including phenoxy) is 1. The third-order valence-electron chi connectivity index (χ3n) is 4.76. The fourth-order valence-corrected chi connectivity index (χ4v) is 4.73. The molecular formula is C25H19Cl2N5OS. The fourth-order valence-electron chi connectivity index (χ4n) is 3.25. The summed E-state index contributed by atoms with van der Waals surface area (Å²) in [6.07, 6.45) is 1.53. The number of hydrogen-bond acceptors (Lipinski definition) is 7. The maximum absolute atomic E-state index is 9.67. The third-order valence-corrected chi connectivity index (χ3v) is 6.43. The number of nitrogens with one attached hydrogen (secondary N) is 1. The molecule has 0 amide bonds. The van der Waals surface area contributed by atoms with Crippen molar-refractivity contribution in [2.24, 2.45) is 0 Å². The number of pyridine rings is 2. The zero-order valence-electron chi connectivity index (χ0n) is 18.6. The van der Waals surface area contributed by atoms with E-state index in [-0.39, 0.29) is 0 Å². The van der Waals surface area contributed by atoms with Crippen LogP contribution >= 0.6 is 34.5 Å². The Morgan fingerprint density at radius 1 is 1.15 bits per heavy atom. The fraction of sp³-hybridized carbons (Fsp3) is 0.160. The zero-order valence-corrected chi connectivity index (χ0v) is 20.9. The first-order valence-electron chi connectivity index (χ1n) is 10.1. The van der Waals surface area contributed by atoms with Gasteiger partial charge >= 0.3 is 0 Å². The molecule has 0 radical (unpaired) electrons. The van der Waals surface area contributed by atoms with Crippen LogP contribution in [0.15, 0.2) is 42.6 Å². The molecule has 0 aliphatic rings. The first-order valence-corrected chi connectivity index (χ1v) is 11.7. The number of rotatable bonds is 5. The molecule has 34 heavy (non-hydrogen) atoms. The van der Waals surface area contributed by atoms with Gasteiger partial charge in [-0.05, 0) is 50.2 Å². The Morgan fingerprint density at radius 3 is 2.71 bits per heavy atom. The van der Waals surface area contributed by atoms with E-state index in [0.29, 0.717) is 38.4 Å². The van der Waals surface area contributed by atoms with Gasteiger partial charge in [0, 0.05) is 18.8 Å². The number of methoxy groups -OCH3 is 1. The SMILES string of the molecule is COc1cc(Nc2c(C#N)cnc3cc(C#Cc4cccc(CN(C)C)n4)sc23)c(Cl)cc1Cl. The molecular weight excluding hydrogens is 489 g/mol. The van der Waals surface area contributed by atoms with Crippen molar-refractivity contribution in [3.05, 3.63) is 74.5 Å². The smallest absolute Gasteiger partial charge is 0.139 e. The standard InChI is InChI=1S/C25H19Cl2N5OS/c1-32(2)14-17-6-4-5-16(30-17)7-8-18-9-22-25(34-18)24(15(12-28)13-29-22)31-21-11-23(33-3)20(27)10-19(21)26/h4-6,9-11,13H,14H2,1-3H3,(H,29,31). The average Bonchev–Trinajstić information content (AvgIpc) is 3.23. The van der Waals surface area contributed by atoms with Gasteiger partial charge in [0.2, 0.25) is 0 Å². The second kappa shape index (κ2) is 10.3. The van der Waals surface area contributed by atoms with Gasteiger partial charge in [-0.2, -0.15) is 5.26 Å². The Hall–Kier alpha value is -3.33. The van der Waals surface area contributed by atoms with E-state index >= 15 is 0 Å². The van der Waals surface area contributed by atoms with E-state index in [1.807, 2.05) is 38.4 Å². The number of thiophene rings is 1. The van der Waals surface area contributed by atoms with Crippen molar-refractivity contribution in [3.63, 3.8) is 0 Å². The van der Waals surface area contributed by atoms with Gasteiger partial charge in [-0.15, -0.1) is 11.3 Å². The lowest BCUT2D eigenvalue weighted by Gasteiger charge is -2.13. The molecule has 0 aliphatic heterocycles. The molecule has 6 nitrogen and oxygen atoms in total. The second-order valence-corrected chi connectivity index (χ2v) is 9.44. The maximum Gasteiger partial charge on any atom is 0.139 e. The molecule has 9 heteroatoms.